The van der Waals surface area contributed by atoms with Crippen LogP contribution in [0, 0.1) is 0 Å². The number of carbonyl (C=O) groups is 5. The van der Waals surface area contributed by atoms with Crippen molar-refractivity contribution < 1.29 is 54.2 Å². The first kappa shape index (κ1) is 25.6. The number of aliphatic carboxylic acids is 2. The third-order valence-electron chi connectivity index (χ3n) is 4.14. The quantitative estimate of drug-likeness (QED) is 0.154. The summed E-state index contributed by atoms with van der Waals surface area (Å²) in [7, 11) is 0. The molecule has 6 atom stereocenters. The van der Waals surface area contributed by atoms with Gasteiger partial charge in [0.05, 0.1) is 25.1 Å². The van der Waals surface area contributed by atoms with E-state index < -0.39 is 85.0 Å². The molecule has 0 saturated carbocycles. The van der Waals surface area contributed by atoms with Gasteiger partial charge >= 0.3 is 18.0 Å². The molecule has 0 saturated heterocycles. The molecular weight excluding hydrogens is 424 g/mol. The fourth-order valence-electron chi connectivity index (χ4n) is 2.75. The van der Waals surface area contributed by atoms with Crippen molar-refractivity contribution in [2.45, 2.75) is 49.8 Å². The van der Waals surface area contributed by atoms with Crippen molar-refractivity contribution in [3.05, 3.63) is 11.8 Å². The van der Waals surface area contributed by atoms with E-state index in [9.17, 15) is 39.3 Å². The highest BCUT2D eigenvalue weighted by molar-refractivity contribution is 5.88. The van der Waals surface area contributed by atoms with Crippen LogP contribution in [0.3, 0.4) is 0 Å². The highest BCUT2D eigenvalue weighted by Crippen LogP contribution is 2.23. The summed E-state index contributed by atoms with van der Waals surface area (Å²) in [4.78, 5) is 57.4. The Morgan fingerprint density at radius 1 is 1.16 bits per heavy atom. The van der Waals surface area contributed by atoms with Crippen LogP contribution in [0.5, 0.6) is 0 Å². The molecule has 0 radical (unpaired) electrons. The average molecular weight is 448 g/mol. The van der Waals surface area contributed by atoms with Gasteiger partial charge in [-0.3, -0.25) is 9.59 Å². The van der Waals surface area contributed by atoms with Crippen molar-refractivity contribution in [2.75, 3.05) is 6.61 Å². The van der Waals surface area contributed by atoms with Crippen LogP contribution in [0.4, 0.5) is 4.79 Å². The molecule has 0 aromatic heterocycles. The van der Waals surface area contributed by atoms with Gasteiger partial charge in [-0.05, 0) is 6.08 Å². The molecule has 1 heterocycles. The number of nitrogens with one attached hydrogen (secondary N) is 3. The monoisotopic (exact) mass is 448 g/mol. The van der Waals surface area contributed by atoms with Crippen molar-refractivity contribution in [1.82, 2.24) is 16.0 Å². The Balaban J connectivity index is 3.21. The molecule has 0 spiro atoms. The number of hydrogen-bond acceptors (Lipinski definition) is 9. The molecule has 1 aliphatic rings. The van der Waals surface area contributed by atoms with E-state index in [1.54, 1.807) is 0 Å². The SMILES string of the molecule is CC(=O)N[C@H]1[C@H]([C@H](O)[C@H](O)CO)OC(C(=O)O)=C[C@@H]1NC(=O)N[C@H](CC(N)=O)C(=O)O. The maximum atomic E-state index is 12.3. The van der Waals surface area contributed by atoms with Gasteiger partial charge < -0.3 is 52.0 Å². The van der Waals surface area contributed by atoms with Crippen molar-refractivity contribution >= 4 is 29.8 Å². The minimum atomic E-state index is -1.89. The van der Waals surface area contributed by atoms with Crippen LogP contribution in [0.25, 0.3) is 0 Å². The summed E-state index contributed by atoms with van der Waals surface area (Å²) in [6.45, 7) is 0.152. The molecule has 15 heteroatoms. The molecule has 0 aromatic carbocycles. The summed E-state index contributed by atoms with van der Waals surface area (Å²) in [5.74, 6) is -5.63. The Hall–Kier alpha value is -3.43. The van der Waals surface area contributed by atoms with Gasteiger partial charge in [0.2, 0.25) is 17.6 Å². The maximum Gasteiger partial charge on any atom is 0.370 e. The lowest BCUT2D eigenvalue weighted by atomic mass is 9.92. The summed E-state index contributed by atoms with van der Waals surface area (Å²) in [5.41, 5.74) is 4.93. The van der Waals surface area contributed by atoms with Crippen LogP contribution in [0.2, 0.25) is 0 Å². The second-order valence-corrected chi connectivity index (χ2v) is 6.59. The number of carbonyl (C=O) groups excluding carboxylic acids is 3. The summed E-state index contributed by atoms with van der Waals surface area (Å²) in [6, 6.07) is -5.59. The fourth-order valence-corrected chi connectivity index (χ4v) is 2.75. The largest absolute Gasteiger partial charge is 0.480 e. The van der Waals surface area contributed by atoms with Gasteiger partial charge in [0.25, 0.3) is 0 Å². The highest BCUT2D eigenvalue weighted by Gasteiger charge is 2.44. The highest BCUT2D eigenvalue weighted by atomic mass is 16.5. The molecule has 0 aliphatic carbocycles. The number of amides is 4. The second kappa shape index (κ2) is 11.1. The summed E-state index contributed by atoms with van der Waals surface area (Å²) in [6.07, 6.45) is -5.16. The van der Waals surface area contributed by atoms with Crippen LogP contribution >= 0.6 is 0 Å². The van der Waals surface area contributed by atoms with Crippen molar-refractivity contribution in [1.29, 1.82) is 0 Å². The van der Waals surface area contributed by atoms with Crippen LogP contribution in [-0.4, -0.2) is 98.4 Å². The number of hydrogen-bond donors (Lipinski definition) is 9. The van der Waals surface area contributed by atoms with Gasteiger partial charge in [-0.25, -0.2) is 14.4 Å². The minimum Gasteiger partial charge on any atom is -0.480 e. The van der Waals surface area contributed by atoms with Gasteiger partial charge in [-0.2, -0.15) is 0 Å². The van der Waals surface area contributed by atoms with E-state index >= 15 is 0 Å². The number of aliphatic hydroxyl groups is 3. The molecule has 0 unspecified atom stereocenters. The lowest BCUT2D eigenvalue weighted by molar-refractivity contribution is -0.146. The first-order valence-electron chi connectivity index (χ1n) is 8.81. The molecule has 15 nitrogen and oxygen atoms in total. The molecule has 0 fully saturated rings. The topological polar surface area (TPSA) is 258 Å². The summed E-state index contributed by atoms with van der Waals surface area (Å²) in [5, 5.41) is 53.8. The van der Waals surface area contributed by atoms with E-state index in [2.05, 4.69) is 10.6 Å². The Morgan fingerprint density at radius 3 is 2.23 bits per heavy atom. The van der Waals surface area contributed by atoms with Gasteiger partial charge in [0.1, 0.15) is 24.4 Å². The smallest absolute Gasteiger partial charge is 0.370 e. The normalized spacial score (nSPS) is 23.2. The van der Waals surface area contributed by atoms with Gasteiger partial charge in [0.15, 0.2) is 0 Å². The van der Waals surface area contributed by atoms with Crippen LogP contribution in [-0.2, 0) is 23.9 Å². The van der Waals surface area contributed by atoms with Gasteiger partial charge in [-0.1, -0.05) is 0 Å². The second-order valence-electron chi connectivity index (χ2n) is 6.59. The third kappa shape index (κ3) is 7.40. The van der Waals surface area contributed by atoms with E-state index in [-0.39, 0.29) is 0 Å². The Bertz CT molecular complexity index is 756. The number of primary amides is 1. The zero-order valence-electron chi connectivity index (χ0n) is 16.2. The number of aliphatic hydroxyl groups excluding tert-OH is 3. The number of rotatable bonds is 10. The number of nitrogens with two attached hydrogens (primary N) is 1. The molecule has 1 aliphatic heterocycles. The molecule has 1 rings (SSSR count). The molecule has 4 amide bonds. The molecular formula is C16H24N4O11. The maximum absolute atomic E-state index is 12.3. The minimum absolute atomic E-state index is 0.680. The predicted octanol–water partition coefficient (Wildman–Crippen LogP) is -4.43. The van der Waals surface area contributed by atoms with E-state index in [1.807, 2.05) is 5.32 Å². The number of urea groups is 1. The molecule has 0 bridgehead atoms. The van der Waals surface area contributed by atoms with Crippen LogP contribution in [0.15, 0.2) is 11.8 Å². The number of carboxylic acids is 2. The molecule has 10 N–H and O–H groups in total. The fraction of sp³-hybridized carbons (Fsp3) is 0.562. The van der Waals surface area contributed by atoms with Crippen LogP contribution < -0.4 is 21.7 Å². The van der Waals surface area contributed by atoms with Gasteiger partial charge in [0, 0.05) is 6.92 Å². The van der Waals surface area contributed by atoms with Crippen LogP contribution in [0.1, 0.15) is 13.3 Å². The average Bonchev–Trinajstić information content (AvgIpc) is 2.66. The standard InChI is InChI=1S/C16H24N4O11/c1-5(22)18-11-6(19-16(30)20-7(14(26)27)3-10(17)24)2-9(15(28)29)31-13(11)12(25)8(23)4-21/h2,6-8,11-13,21,23,25H,3-4H2,1H3,(H2,17,24)(H,18,22)(H,26,27)(H,28,29)(H2,19,20,30)/t6-,7+,8+,11+,12+,13+/m0/s1. The summed E-state index contributed by atoms with van der Waals surface area (Å²) >= 11 is 0. The molecule has 31 heavy (non-hydrogen) atoms. The molecule has 174 valence electrons. The van der Waals surface area contributed by atoms with E-state index in [4.69, 9.17) is 20.7 Å². The number of ether oxygens (including phenoxy) is 1. The van der Waals surface area contributed by atoms with Crippen molar-refractivity contribution in [2.24, 2.45) is 5.73 Å². The zero-order valence-corrected chi connectivity index (χ0v) is 16.2. The first-order chi connectivity index (χ1) is 14.4. The van der Waals surface area contributed by atoms with E-state index in [0.29, 0.717) is 0 Å². The van der Waals surface area contributed by atoms with Crippen molar-refractivity contribution in [3.8, 4) is 0 Å². The summed E-state index contributed by atoms with van der Waals surface area (Å²) < 4.78 is 5.13. The Morgan fingerprint density at radius 2 is 1.77 bits per heavy atom. The van der Waals surface area contributed by atoms with Crippen molar-refractivity contribution in [3.63, 3.8) is 0 Å². The third-order valence-corrected chi connectivity index (χ3v) is 4.14. The first-order valence-corrected chi connectivity index (χ1v) is 8.81. The predicted molar refractivity (Wildman–Crippen MR) is 98.0 cm³/mol. The molecule has 0 aromatic rings. The number of carboxylic acid groups (broad SMARTS) is 2. The lowest BCUT2D eigenvalue weighted by Crippen LogP contribution is -2.64. The Labute approximate surface area is 174 Å². The van der Waals surface area contributed by atoms with E-state index in [0.717, 1.165) is 13.0 Å². The lowest BCUT2D eigenvalue weighted by Gasteiger charge is -2.40. The van der Waals surface area contributed by atoms with Gasteiger partial charge in [-0.15, -0.1) is 0 Å². The zero-order chi connectivity index (χ0) is 23.9. The Kier molecular flexibility index (Phi) is 9.16. The van der Waals surface area contributed by atoms with E-state index in [1.165, 1.54) is 0 Å².